The number of amides is 2. The molecule has 0 radical (unpaired) electrons. The maximum absolute atomic E-state index is 12.6. The number of carbonyl (C=O) groups excluding carboxylic acids is 1. The average Bonchev–Trinajstić information content (AvgIpc) is 2.50. The van der Waals surface area contributed by atoms with Crippen molar-refractivity contribution in [1.29, 1.82) is 0 Å². The molecule has 2 amide bonds. The zero-order chi connectivity index (χ0) is 17.7. The summed E-state index contributed by atoms with van der Waals surface area (Å²) in [6.07, 6.45) is -4.11. The molecular weight excluding hydrogens is 364 g/mol. The Labute approximate surface area is 146 Å². The van der Waals surface area contributed by atoms with Crippen LogP contribution in [-0.4, -0.2) is 12.6 Å². The minimum atomic E-state index is -4.38. The number of benzene rings is 2. The van der Waals surface area contributed by atoms with Crippen LogP contribution in [0.5, 0.6) is 0 Å². The van der Waals surface area contributed by atoms with E-state index in [1.165, 1.54) is 12.1 Å². The molecule has 0 aliphatic rings. The number of halogens is 5. The van der Waals surface area contributed by atoms with Crippen LogP contribution in [0.25, 0.3) is 0 Å². The number of urea groups is 1. The van der Waals surface area contributed by atoms with E-state index < -0.39 is 17.8 Å². The summed E-state index contributed by atoms with van der Waals surface area (Å²) < 4.78 is 37.9. The zero-order valence-corrected chi connectivity index (χ0v) is 13.8. The minimum Gasteiger partial charge on any atom is -0.338 e. The number of hydrogen-bond acceptors (Lipinski definition) is 1. The first-order valence-electron chi connectivity index (χ1n) is 6.92. The van der Waals surface area contributed by atoms with Crippen molar-refractivity contribution in [2.45, 2.75) is 12.6 Å². The molecule has 2 aromatic carbocycles. The summed E-state index contributed by atoms with van der Waals surface area (Å²) in [7, 11) is 0. The highest BCUT2D eigenvalue weighted by atomic mass is 35.5. The maximum Gasteiger partial charge on any atom is 0.416 e. The Morgan fingerprint density at radius 1 is 1.08 bits per heavy atom. The van der Waals surface area contributed by atoms with Gasteiger partial charge in [0.15, 0.2) is 0 Å². The van der Waals surface area contributed by atoms with Crippen LogP contribution < -0.4 is 10.6 Å². The molecule has 8 heteroatoms. The van der Waals surface area contributed by atoms with E-state index in [1.54, 1.807) is 18.2 Å². The van der Waals surface area contributed by atoms with Crippen LogP contribution in [0.2, 0.25) is 10.0 Å². The molecule has 0 spiro atoms. The number of carbonyl (C=O) groups is 1. The predicted octanol–water partition coefficient (Wildman–Crippen LogP) is 5.38. The van der Waals surface area contributed by atoms with E-state index in [2.05, 4.69) is 10.6 Å². The van der Waals surface area contributed by atoms with Gasteiger partial charge in [0.25, 0.3) is 0 Å². The Balaban J connectivity index is 1.87. The fourth-order valence-electron chi connectivity index (χ4n) is 1.98. The van der Waals surface area contributed by atoms with E-state index in [1.807, 2.05) is 0 Å². The molecule has 2 rings (SSSR count). The molecule has 0 atom stereocenters. The Kier molecular flexibility index (Phi) is 5.96. The molecule has 0 heterocycles. The van der Waals surface area contributed by atoms with Gasteiger partial charge in [-0.1, -0.05) is 41.4 Å². The quantitative estimate of drug-likeness (QED) is 0.739. The topological polar surface area (TPSA) is 41.1 Å². The van der Waals surface area contributed by atoms with E-state index in [4.69, 9.17) is 23.2 Å². The van der Waals surface area contributed by atoms with E-state index in [0.717, 1.165) is 12.1 Å². The minimum absolute atomic E-state index is 0.179. The van der Waals surface area contributed by atoms with Gasteiger partial charge in [0.05, 0.1) is 16.3 Å². The van der Waals surface area contributed by atoms with Crippen LogP contribution in [0, 0.1) is 0 Å². The number of hydrogen-bond donors (Lipinski definition) is 2. The third kappa shape index (κ3) is 5.32. The molecule has 0 aliphatic heterocycles. The molecule has 2 aromatic rings. The molecule has 0 bridgehead atoms. The molecule has 3 nitrogen and oxygen atoms in total. The van der Waals surface area contributed by atoms with Gasteiger partial charge < -0.3 is 10.6 Å². The van der Waals surface area contributed by atoms with Crippen LogP contribution in [0.1, 0.15) is 11.1 Å². The van der Waals surface area contributed by atoms with Gasteiger partial charge in [0.2, 0.25) is 0 Å². The van der Waals surface area contributed by atoms with Crippen LogP contribution >= 0.6 is 23.2 Å². The summed E-state index contributed by atoms with van der Waals surface area (Å²) in [4.78, 5) is 11.8. The third-order valence-electron chi connectivity index (χ3n) is 3.13. The van der Waals surface area contributed by atoms with E-state index >= 15 is 0 Å². The Morgan fingerprint density at radius 3 is 2.50 bits per heavy atom. The van der Waals surface area contributed by atoms with Gasteiger partial charge in [-0.05, 0) is 36.2 Å². The van der Waals surface area contributed by atoms with Crippen molar-refractivity contribution in [3.63, 3.8) is 0 Å². The smallest absolute Gasteiger partial charge is 0.338 e. The van der Waals surface area contributed by atoms with Gasteiger partial charge >= 0.3 is 12.2 Å². The molecule has 0 aromatic heterocycles. The lowest BCUT2D eigenvalue weighted by atomic mass is 10.1. The highest BCUT2D eigenvalue weighted by molar-refractivity contribution is 6.36. The third-order valence-corrected chi connectivity index (χ3v) is 3.68. The van der Waals surface area contributed by atoms with E-state index in [0.29, 0.717) is 16.3 Å². The van der Waals surface area contributed by atoms with Gasteiger partial charge in [-0.25, -0.2) is 4.79 Å². The van der Waals surface area contributed by atoms with Crippen molar-refractivity contribution in [2.24, 2.45) is 0 Å². The van der Waals surface area contributed by atoms with Crippen molar-refractivity contribution in [1.82, 2.24) is 5.32 Å². The standard InChI is InChI=1S/C16H13Cl2F3N2O/c17-12-4-5-14(13(18)9-12)23-15(24)22-7-6-10-2-1-3-11(8-10)16(19,20)21/h1-5,8-9H,6-7H2,(H2,22,23,24). The monoisotopic (exact) mass is 376 g/mol. The Hall–Kier alpha value is -1.92. The van der Waals surface area contributed by atoms with Gasteiger partial charge in [-0.2, -0.15) is 13.2 Å². The van der Waals surface area contributed by atoms with Crippen molar-refractivity contribution in [3.8, 4) is 0 Å². The first-order chi connectivity index (χ1) is 11.3. The molecule has 0 unspecified atom stereocenters. The van der Waals surface area contributed by atoms with E-state index in [9.17, 15) is 18.0 Å². The second-order valence-electron chi connectivity index (χ2n) is 4.95. The van der Waals surface area contributed by atoms with Gasteiger partial charge in [-0.15, -0.1) is 0 Å². The molecule has 0 saturated heterocycles. The lowest BCUT2D eigenvalue weighted by Gasteiger charge is -2.11. The molecule has 128 valence electrons. The summed E-state index contributed by atoms with van der Waals surface area (Å²) in [5, 5.41) is 5.82. The highest BCUT2D eigenvalue weighted by Crippen LogP contribution is 2.29. The largest absolute Gasteiger partial charge is 0.416 e. The number of nitrogens with one attached hydrogen (secondary N) is 2. The number of rotatable bonds is 4. The SMILES string of the molecule is O=C(NCCc1cccc(C(F)(F)F)c1)Nc1ccc(Cl)cc1Cl. The van der Waals surface area contributed by atoms with Crippen LogP contribution in [0.4, 0.5) is 23.7 Å². The average molecular weight is 377 g/mol. The van der Waals surface area contributed by atoms with E-state index in [-0.39, 0.29) is 18.0 Å². The second-order valence-corrected chi connectivity index (χ2v) is 5.80. The summed E-state index contributed by atoms with van der Waals surface area (Å²) >= 11 is 11.7. The molecule has 0 saturated carbocycles. The summed E-state index contributed by atoms with van der Waals surface area (Å²) in [6, 6.07) is 9.09. The second kappa shape index (κ2) is 7.77. The van der Waals surface area contributed by atoms with Crippen LogP contribution in [0.15, 0.2) is 42.5 Å². The van der Waals surface area contributed by atoms with Crippen molar-refractivity contribution < 1.29 is 18.0 Å². The molecule has 0 aliphatic carbocycles. The molecular formula is C16H13Cl2F3N2O. The Morgan fingerprint density at radius 2 is 1.83 bits per heavy atom. The van der Waals surface area contributed by atoms with Crippen molar-refractivity contribution >= 4 is 34.9 Å². The molecule has 0 fully saturated rings. The lowest BCUT2D eigenvalue weighted by Crippen LogP contribution is -2.30. The zero-order valence-electron chi connectivity index (χ0n) is 12.3. The molecule has 24 heavy (non-hydrogen) atoms. The fraction of sp³-hybridized carbons (Fsp3) is 0.188. The predicted molar refractivity (Wildman–Crippen MR) is 88.6 cm³/mol. The molecule has 2 N–H and O–H groups in total. The Bertz CT molecular complexity index is 736. The first-order valence-corrected chi connectivity index (χ1v) is 7.67. The summed E-state index contributed by atoms with van der Waals surface area (Å²) in [5.41, 5.74) is 0.157. The van der Waals surface area contributed by atoms with Gasteiger partial charge in [0.1, 0.15) is 0 Å². The number of anilines is 1. The number of alkyl halides is 3. The summed E-state index contributed by atoms with van der Waals surface area (Å²) in [6.45, 7) is 0.179. The van der Waals surface area contributed by atoms with Gasteiger partial charge in [-0.3, -0.25) is 0 Å². The fourth-order valence-corrected chi connectivity index (χ4v) is 2.44. The summed E-state index contributed by atoms with van der Waals surface area (Å²) in [5.74, 6) is 0. The van der Waals surface area contributed by atoms with Crippen LogP contribution in [0.3, 0.4) is 0 Å². The van der Waals surface area contributed by atoms with Gasteiger partial charge in [0, 0.05) is 11.6 Å². The maximum atomic E-state index is 12.6. The van der Waals surface area contributed by atoms with Crippen molar-refractivity contribution in [3.05, 3.63) is 63.6 Å². The van der Waals surface area contributed by atoms with Crippen molar-refractivity contribution in [2.75, 3.05) is 11.9 Å². The lowest BCUT2D eigenvalue weighted by molar-refractivity contribution is -0.137. The first kappa shape index (κ1) is 18.4. The highest BCUT2D eigenvalue weighted by Gasteiger charge is 2.30. The normalized spacial score (nSPS) is 11.2. The van der Waals surface area contributed by atoms with Crippen LogP contribution in [-0.2, 0) is 12.6 Å².